The number of aromatic nitrogens is 2. The average Bonchev–Trinajstić information content (AvgIpc) is 2.37. The lowest BCUT2D eigenvalue weighted by molar-refractivity contribution is 0.649. The van der Waals surface area contributed by atoms with Gasteiger partial charge in [0.05, 0.1) is 18.4 Å². The quantitative estimate of drug-likeness (QED) is 0.587. The van der Waals surface area contributed by atoms with Crippen molar-refractivity contribution in [2.24, 2.45) is 0 Å². The monoisotopic (exact) mass is 331 g/mol. The van der Waals surface area contributed by atoms with Crippen LogP contribution >= 0.6 is 27.7 Å². The van der Waals surface area contributed by atoms with Crippen molar-refractivity contribution >= 4 is 33.4 Å². The third-order valence-corrected chi connectivity index (χ3v) is 4.02. The molecule has 1 aromatic rings. The highest BCUT2D eigenvalue weighted by atomic mass is 79.9. The van der Waals surface area contributed by atoms with Crippen molar-refractivity contribution < 1.29 is 0 Å². The minimum absolute atomic E-state index is 0.136. The summed E-state index contributed by atoms with van der Waals surface area (Å²) in [6.45, 7) is 7.01. The summed E-state index contributed by atoms with van der Waals surface area (Å²) in [7, 11) is 0. The maximum Gasteiger partial charge on any atom is 0.283 e. The molecule has 0 aliphatic carbocycles. The van der Waals surface area contributed by atoms with Gasteiger partial charge in [-0.1, -0.05) is 13.0 Å². The van der Waals surface area contributed by atoms with Crippen LogP contribution in [0.3, 0.4) is 0 Å². The fraction of sp³-hybridized carbons (Fsp3) is 0.500. The molecule has 0 amide bonds. The van der Waals surface area contributed by atoms with E-state index in [1.165, 1.54) is 4.68 Å². The highest BCUT2D eigenvalue weighted by Gasteiger charge is 2.07. The van der Waals surface area contributed by atoms with Crippen molar-refractivity contribution in [1.82, 2.24) is 9.78 Å². The number of halogens is 1. The largest absolute Gasteiger partial charge is 0.383 e. The second kappa shape index (κ2) is 8.37. The first-order valence-electron chi connectivity index (χ1n) is 5.88. The molecule has 1 heterocycles. The molecule has 0 atom stereocenters. The predicted molar refractivity (Wildman–Crippen MR) is 82.5 cm³/mol. The molecular formula is C12H18BrN3OS. The molecule has 100 valence electrons. The van der Waals surface area contributed by atoms with E-state index in [1.807, 2.05) is 11.8 Å². The standard InChI is InChI=1S/C12H18BrN3OS/c1-3-7-16-12(17)11(13)10(9-15-16)14-6-5-8-18-4-2/h3,9,14H,1,4-8H2,2H3. The number of allylic oxidation sites excluding steroid dienone is 1. The van der Waals surface area contributed by atoms with E-state index in [2.05, 4.69) is 39.8 Å². The van der Waals surface area contributed by atoms with Crippen LogP contribution in [0.1, 0.15) is 13.3 Å². The van der Waals surface area contributed by atoms with Crippen LogP contribution in [-0.2, 0) is 6.54 Å². The van der Waals surface area contributed by atoms with Gasteiger partial charge in [0.25, 0.3) is 5.56 Å². The summed E-state index contributed by atoms with van der Waals surface area (Å²) in [5.74, 6) is 2.27. The first-order chi connectivity index (χ1) is 8.70. The van der Waals surface area contributed by atoms with Gasteiger partial charge in [0.15, 0.2) is 0 Å². The van der Waals surface area contributed by atoms with E-state index in [1.54, 1.807) is 12.3 Å². The molecular weight excluding hydrogens is 314 g/mol. The molecule has 0 fully saturated rings. The van der Waals surface area contributed by atoms with Gasteiger partial charge >= 0.3 is 0 Å². The Hall–Kier alpha value is -0.750. The minimum atomic E-state index is -0.136. The van der Waals surface area contributed by atoms with Crippen LogP contribution in [0.5, 0.6) is 0 Å². The van der Waals surface area contributed by atoms with Gasteiger partial charge in [-0.25, -0.2) is 4.68 Å². The number of anilines is 1. The molecule has 0 radical (unpaired) electrons. The third kappa shape index (κ3) is 4.49. The first kappa shape index (κ1) is 15.3. The van der Waals surface area contributed by atoms with Crippen LogP contribution in [-0.4, -0.2) is 27.8 Å². The highest BCUT2D eigenvalue weighted by molar-refractivity contribution is 9.10. The van der Waals surface area contributed by atoms with Crippen molar-refractivity contribution in [3.8, 4) is 0 Å². The molecule has 0 spiro atoms. The van der Waals surface area contributed by atoms with Gasteiger partial charge in [0.2, 0.25) is 0 Å². The SMILES string of the molecule is C=CCn1ncc(NCCCSCC)c(Br)c1=O. The topological polar surface area (TPSA) is 46.9 Å². The summed E-state index contributed by atoms with van der Waals surface area (Å²) in [4.78, 5) is 11.9. The van der Waals surface area contributed by atoms with E-state index in [0.29, 0.717) is 11.0 Å². The van der Waals surface area contributed by atoms with Crippen LogP contribution in [0.25, 0.3) is 0 Å². The van der Waals surface area contributed by atoms with E-state index in [0.717, 1.165) is 30.2 Å². The van der Waals surface area contributed by atoms with Gasteiger partial charge in [-0.05, 0) is 33.9 Å². The van der Waals surface area contributed by atoms with Crippen LogP contribution in [0, 0.1) is 0 Å². The molecule has 6 heteroatoms. The zero-order chi connectivity index (χ0) is 13.4. The maximum absolute atomic E-state index is 11.9. The number of nitrogens with zero attached hydrogens (tertiary/aromatic N) is 2. The Bertz CT molecular complexity index is 447. The van der Waals surface area contributed by atoms with E-state index in [9.17, 15) is 4.79 Å². The van der Waals surface area contributed by atoms with Crippen LogP contribution in [0.4, 0.5) is 5.69 Å². The summed E-state index contributed by atoms with van der Waals surface area (Å²) < 4.78 is 1.90. The van der Waals surface area contributed by atoms with Crippen LogP contribution in [0.15, 0.2) is 28.1 Å². The van der Waals surface area contributed by atoms with Gasteiger partial charge in [-0.2, -0.15) is 16.9 Å². The average molecular weight is 332 g/mol. The van der Waals surface area contributed by atoms with Gasteiger partial charge in [0, 0.05) is 6.54 Å². The molecule has 0 aliphatic rings. The number of rotatable bonds is 8. The fourth-order valence-corrected chi connectivity index (χ4v) is 2.47. The lowest BCUT2D eigenvalue weighted by Crippen LogP contribution is -2.24. The van der Waals surface area contributed by atoms with Gasteiger partial charge in [-0.3, -0.25) is 4.79 Å². The fourth-order valence-electron chi connectivity index (χ4n) is 1.38. The molecule has 0 saturated carbocycles. The smallest absolute Gasteiger partial charge is 0.283 e. The highest BCUT2D eigenvalue weighted by Crippen LogP contribution is 2.16. The molecule has 0 saturated heterocycles. The summed E-state index contributed by atoms with van der Waals surface area (Å²) >= 11 is 5.22. The van der Waals surface area contributed by atoms with Crippen LogP contribution in [0.2, 0.25) is 0 Å². The van der Waals surface area contributed by atoms with Gasteiger partial charge in [-0.15, -0.1) is 6.58 Å². The molecule has 0 unspecified atom stereocenters. The summed E-state index contributed by atoms with van der Waals surface area (Å²) in [5, 5.41) is 7.30. The van der Waals surface area contributed by atoms with E-state index in [-0.39, 0.29) is 5.56 Å². The molecule has 1 rings (SSSR count). The summed E-state index contributed by atoms with van der Waals surface area (Å²) in [6.07, 6.45) is 4.39. The van der Waals surface area contributed by atoms with Gasteiger partial charge in [0.1, 0.15) is 4.47 Å². The molecule has 4 nitrogen and oxygen atoms in total. The number of hydrogen-bond donors (Lipinski definition) is 1. The third-order valence-electron chi connectivity index (χ3n) is 2.27. The second-order valence-electron chi connectivity index (χ2n) is 3.63. The zero-order valence-corrected chi connectivity index (χ0v) is 12.9. The Balaban J connectivity index is 2.59. The molecule has 1 N–H and O–H groups in total. The van der Waals surface area contributed by atoms with E-state index < -0.39 is 0 Å². The van der Waals surface area contributed by atoms with Crippen molar-refractivity contribution in [3.63, 3.8) is 0 Å². The summed E-state index contributed by atoms with van der Waals surface area (Å²) in [6, 6.07) is 0. The maximum atomic E-state index is 11.9. The predicted octanol–water partition coefficient (Wildman–Crippen LogP) is 2.75. The Kier molecular flexibility index (Phi) is 7.12. The van der Waals surface area contributed by atoms with Crippen molar-refractivity contribution in [2.75, 3.05) is 23.4 Å². The summed E-state index contributed by atoms with van der Waals surface area (Å²) in [5.41, 5.74) is 0.615. The normalized spacial score (nSPS) is 10.3. The Morgan fingerprint density at radius 3 is 3.11 bits per heavy atom. The molecule has 18 heavy (non-hydrogen) atoms. The van der Waals surface area contributed by atoms with Crippen molar-refractivity contribution in [1.29, 1.82) is 0 Å². The van der Waals surface area contributed by atoms with E-state index >= 15 is 0 Å². The molecule has 0 aliphatic heterocycles. The lowest BCUT2D eigenvalue weighted by atomic mass is 10.4. The molecule has 1 aromatic heterocycles. The lowest BCUT2D eigenvalue weighted by Gasteiger charge is -2.09. The zero-order valence-electron chi connectivity index (χ0n) is 10.5. The number of nitrogens with one attached hydrogen (secondary N) is 1. The Morgan fingerprint density at radius 2 is 2.44 bits per heavy atom. The van der Waals surface area contributed by atoms with Gasteiger partial charge < -0.3 is 5.32 Å². The molecule has 0 bridgehead atoms. The van der Waals surface area contributed by atoms with E-state index in [4.69, 9.17) is 0 Å². The molecule has 0 aromatic carbocycles. The minimum Gasteiger partial charge on any atom is -0.383 e. The second-order valence-corrected chi connectivity index (χ2v) is 5.81. The number of thioether (sulfide) groups is 1. The van der Waals surface area contributed by atoms with Crippen molar-refractivity contribution in [2.45, 2.75) is 19.9 Å². The first-order valence-corrected chi connectivity index (χ1v) is 7.83. The van der Waals surface area contributed by atoms with Crippen LogP contribution < -0.4 is 10.9 Å². The van der Waals surface area contributed by atoms with Crippen molar-refractivity contribution in [3.05, 3.63) is 33.7 Å². The Morgan fingerprint density at radius 1 is 1.67 bits per heavy atom. The number of hydrogen-bond acceptors (Lipinski definition) is 4. The Labute approximate surface area is 120 Å².